The van der Waals surface area contributed by atoms with Crippen molar-refractivity contribution < 1.29 is 9.90 Å². The van der Waals surface area contributed by atoms with E-state index in [9.17, 15) is 4.79 Å². The van der Waals surface area contributed by atoms with E-state index in [2.05, 4.69) is 26.1 Å². The molecule has 0 bridgehead atoms. The average Bonchev–Trinajstić information content (AvgIpc) is 2.65. The molecule has 0 aliphatic rings. The zero-order chi connectivity index (χ0) is 10.8. The Morgan fingerprint density at radius 2 is 2.27 bits per heavy atom. The summed E-state index contributed by atoms with van der Waals surface area (Å²) >= 11 is 3.31. The number of hydrogen-bond acceptors (Lipinski definition) is 3. The fourth-order valence-corrected chi connectivity index (χ4v) is 1.58. The highest BCUT2D eigenvalue weighted by Crippen LogP contribution is 2.16. The summed E-state index contributed by atoms with van der Waals surface area (Å²) in [7, 11) is 0. The van der Waals surface area contributed by atoms with Crippen molar-refractivity contribution in [3.05, 3.63) is 40.9 Å². The molecule has 0 amide bonds. The van der Waals surface area contributed by atoms with E-state index in [1.54, 1.807) is 12.1 Å². The van der Waals surface area contributed by atoms with Crippen LogP contribution in [0.25, 0.3) is 5.69 Å². The minimum atomic E-state index is -1.10. The molecule has 0 saturated carbocycles. The van der Waals surface area contributed by atoms with Gasteiger partial charge in [-0.05, 0) is 18.2 Å². The highest BCUT2D eigenvalue weighted by molar-refractivity contribution is 9.10. The van der Waals surface area contributed by atoms with Gasteiger partial charge in [0.1, 0.15) is 6.33 Å². The predicted molar refractivity (Wildman–Crippen MR) is 56.0 cm³/mol. The lowest BCUT2D eigenvalue weighted by Gasteiger charge is -2.03. The number of aromatic nitrogens is 3. The minimum absolute atomic E-state index is 0.104. The molecule has 1 aromatic heterocycles. The summed E-state index contributed by atoms with van der Waals surface area (Å²) in [5.74, 6) is -1.21. The van der Waals surface area contributed by atoms with Crippen LogP contribution in [-0.2, 0) is 0 Å². The molecule has 76 valence electrons. The maximum atomic E-state index is 10.8. The Morgan fingerprint density at radius 1 is 1.47 bits per heavy atom. The van der Waals surface area contributed by atoms with E-state index >= 15 is 0 Å². The molecule has 0 aliphatic carbocycles. The van der Waals surface area contributed by atoms with Gasteiger partial charge in [0.05, 0.1) is 0 Å². The summed E-state index contributed by atoms with van der Waals surface area (Å²) in [6.07, 6.45) is 1.37. The molecule has 2 rings (SSSR count). The van der Waals surface area contributed by atoms with Crippen LogP contribution in [0.15, 0.2) is 35.1 Å². The first-order valence-corrected chi connectivity index (χ1v) is 4.87. The van der Waals surface area contributed by atoms with Crippen LogP contribution in [0, 0.1) is 0 Å². The Hall–Kier alpha value is -1.69. The first-order chi connectivity index (χ1) is 7.18. The van der Waals surface area contributed by atoms with Gasteiger partial charge < -0.3 is 5.11 Å². The maximum Gasteiger partial charge on any atom is 0.374 e. The van der Waals surface area contributed by atoms with E-state index < -0.39 is 5.97 Å². The lowest BCUT2D eigenvalue weighted by molar-refractivity contribution is 0.0681. The van der Waals surface area contributed by atoms with Gasteiger partial charge in [0.15, 0.2) is 0 Å². The van der Waals surface area contributed by atoms with Crippen LogP contribution in [0.4, 0.5) is 0 Å². The van der Waals surface area contributed by atoms with Gasteiger partial charge >= 0.3 is 5.97 Å². The Kier molecular flexibility index (Phi) is 2.51. The van der Waals surface area contributed by atoms with Gasteiger partial charge in [0, 0.05) is 10.2 Å². The molecule has 6 heteroatoms. The van der Waals surface area contributed by atoms with Crippen LogP contribution in [-0.4, -0.2) is 25.8 Å². The summed E-state index contributed by atoms with van der Waals surface area (Å²) in [6.45, 7) is 0. The molecule has 0 spiro atoms. The predicted octanol–water partition coefficient (Wildman–Crippen LogP) is 1.73. The topological polar surface area (TPSA) is 68.0 Å². The van der Waals surface area contributed by atoms with Crippen LogP contribution in [0.1, 0.15) is 10.6 Å². The smallest absolute Gasteiger partial charge is 0.374 e. The fourth-order valence-electron chi connectivity index (χ4n) is 1.20. The third-order valence-electron chi connectivity index (χ3n) is 1.83. The Bertz CT molecular complexity index is 510. The van der Waals surface area contributed by atoms with E-state index in [1.165, 1.54) is 10.9 Å². The van der Waals surface area contributed by atoms with Crippen LogP contribution in [0.5, 0.6) is 0 Å². The van der Waals surface area contributed by atoms with Crippen LogP contribution in [0.2, 0.25) is 0 Å². The second-order valence-corrected chi connectivity index (χ2v) is 3.73. The normalized spacial score (nSPS) is 10.2. The molecule has 2 aromatic rings. The van der Waals surface area contributed by atoms with Crippen molar-refractivity contribution in [2.45, 2.75) is 0 Å². The Morgan fingerprint density at radius 3 is 2.93 bits per heavy atom. The van der Waals surface area contributed by atoms with Crippen molar-refractivity contribution in [2.75, 3.05) is 0 Å². The number of aromatic carboxylic acids is 1. The second kappa shape index (κ2) is 3.82. The molecule has 1 heterocycles. The van der Waals surface area contributed by atoms with Crippen LogP contribution >= 0.6 is 15.9 Å². The maximum absolute atomic E-state index is 10.8. The van der Waals surface area contributed by atoms with E-state index in [4.69, 9.17) is 5.11 Å². The number of carbonyl (C=O) groups is 1. The molecule has 0 atom stereocenters. The molecule has 0 saturated heterocycles. The van der Waals surface area contributed by atoms with Crippen LogP contribution in [0.3, 0.4) is 0 Å². The van der Waals surface area contributed by atoms with Gasteiger partial charge in [-0.1, -0.05) is 22.0 Å². The van der Waals surface area contributed by atoms with Crippen molar-refractivity contribution in [3.63, 3.8) is 0 Å². The summed E-state index contributed by atoms with van der Waals surface area (Å²) in [5, 5.41) is 15.9. The van der Waals surface area contributed by atoms with Crippen molar-refractivity contribution in [1.29, 1.82) is 0 Å². The summed E-state index contributed by atoms with van der Waals surface area (Å²) in [4.78, 5) is 10.8. The third-order valence-corrected chi connectivity index (χ3v) is 2.32. The largest absolute Gasteiger partial charge is 0.475 e. The molecule has 0 radical (unpaired) electrons. The van der Waals surface area contributed by atoms with Gasteiger partial charge in [0.2, 0.25) is 5.82 Å². The monoisotopic (exact) mass is 267 g/mol. The first-order valence-electron chi connectivity index (χ1n) is 4.08. The Labute approximate surface area is 93.5 Å². The molecular formula is C9H6BrN3O2. The molecule has 5 nitrogen and oxygen atoms in total. The fraction of sp³-hybridized carbons (Fsp3) is 0. The second-order valence-electron chi connectivity index (χ2n) is 2.81. The molecule has 15 heavy (non-hydrogen) atoms. The number of hydrogen-bond donors (Lipinski definition) is 1. The number of halogens is 1. The van der Waals surface area contributed by atoms with E-state index in [0.29, 0.717) is 5.69 Å². The highest BCUT2D eigenvalue weighted by Gasteiger charge is 2.13. The van der Waals surface area contributed by atoms with Crippen molar-refractivity contribution in [1.82, 2.24) is 14.8 Å². The Balaban J connectivity index is 2.54. The SMILES string of the molecule is O=C(O)c1nncn1-c1cccc(Br)c1. The van der Waals surface area contributed by atoms with Gasteiger partial charge in [0.25, 0.3) is 0 Å². The molecule has 0 unspecified atom stereocenters. The minimum Gasteiger partial charge on any atom is -0.475 e. The van der Waals surface area contributed by atoms with E-state index in [-0.39, 0.29) is 5.82 Å². The third kappa shape index (κ3) is 1.89. The van der Waals surface area contributed by atoms with Crippen molar-refractivity contribution >= 4 is 21.9 Å². The molecule has 1 N–H and O–H groups in total. The molecule has 1 aromatic carbocycles. The van der Waals surface area contributed by atoms with Crippen molar-refractivity contribution in [3.8, 4) is 5.69 Å². The van der Waals surface area contributed by atoms with E-state index in [0.717, 1.165) is 4.47 Å². The molecular weight excluding hydrogens is 262 g/mol. The molecule has 0 fully saturated rings. The highest BCUT2D eigenvalue weighted by atomic mass is 79.9. The number of carboxylic acid groups (broad SMARTS) is 1. The lowest BCUT2D eigenvalue weighted by Crippen LogP contribution is -2.07. The summed E-state index contributed by atoms with van der Waals surface area (Å²) in [6, 6.07) is 7.23. The first kappa shape index (κ1) is 9.85. The zero-order valence-electron chi connectivity index (χ0n) is 7.46. The summed E-state index contributed by atoms with van der Waals surface area (Å²) < 4.78 is 2.28. The molecule has 0 aliphatic heterocycles. The number of nitrogens with zero attached hydrogens (tertiary/aromatic N) is 3. The van der Waals surface area contributed by atoms with Gasteiger partial charge in [-0.2, -0.15) is 0 Å². The lowest BCUT2D eigenvalue weighted by atomic mass is 10.3. The number of carboxylic acids is 1. The van der Waals surface area contributed by atoms with Crippen molar-refractivity contribution in [2.24, 2.45) is 0 Å². The van der Waals surface area contributed by atoms with E-state index in [1.807, 2.05) is 12.1 Å². The standard InChI is InChI=1S/C9H6BrN3O2/c10-6-2-1-3-7(4-6)13-5-11-12-8(13)9(14)15/h1-5H,(H,14,15). The average molecular weight is 268 g/mol. The van der Waals surface area contributed by atoms with Gasteiger partial charge in [-0.15, -0.1) is 10.2 Å². The quantitative estimate of drug-likeness (QED) is 0.900. The number of rotatable bonds is 2. The zero-order valence-corrected chi connectivity index (χ0v) is 9.05. The number of benzene rings is 1. The van der Waals surface area contributed by atoms with Crippen LogP contribution < -0.4 is 0 Å². The van der Waals surface area contributed by atoms with Gasteiger partial charge in [-0.3, -0.25) is 4.57 Å². The summed E-state index contributed by atoms with van der Waals surface area (Å²) in [5.41, 5.74) is 0.701. The van der Waals surface area contributed by atoms with Gasteiger partial charge in [-0.25, -0.2) is 4.79 Å².